The van der Waals surface area contributed by atoms with Gasteiger partial charge in [0, 0.05) is 35.3 Å². The first-order valence-electron chi connectivity index (χ1n) is 14.2. The molecule has 0 N–H and O–H groups in total. The lowest BCUT2D eigenvalue weighted by molar-refractivity contribution is -0.140. The van der Waals surface area contributed by atoms with Gasteiger partial charge in [-0.05, 0) is 44.2 Å². The lowest BCUT2D eigenvalue weighted by Crippen LogP contribution is -2.27. The number of halogens is 3. The van der Waals surface area contributed by atoms with Gasteiger partial charge >= 0.3 is 6.18 Å². The van der Waals surface area contributed by atoms with E-state index in [1.807, 2.05) is 0 Å². The molecule has 2 fully saturated rings. The third-order valence-corrected chi connectivity index (χ3v) is 7.94. The molecule has 0 bridgehead atoms. The first kappa shape index (κ1) is 27.9. The number of carbonyl (C=O) groups is 1. The number of alkyl halides is 3. The Morgan fingerprint density at radius 3 is 2.43 bits per heavy atom. The van der Waals surface area contributed by atoms with Crippen molar-refractivity contribution in [2.75, 3.05) is 7.11 Å². The maximum atomic E-state index is 13.6. The number of carbonyl (C=O) groups excluding carboxylic acids is 1. The van der Waals surface area contributed by atoms with E-state index in [2.05, 4.69) is 19.9 Å². The second-order valence-corrected chi connectivity index (χ2v) is 11.2. The average molecular weight is 602 g/mol. The average Bonchev–Trinajstić information content (AvgIpc) is 3.95. The van der Waals surface area contributed by atoms with Crippen LogP contribution in [0.25, 0.3) is 33.8 Å². The molecule has 5 aromatic rings. The first-order chi connectivity index (χ1) is 21.1. The van der Waals surface area contributed by atoms with Gasteiger partial charge in [-0.1, -0.05) is 24.3 Å². The number of imidazole rings is 1. The molecule has 0 atom stereocenters. The quantitative estimate of drug-likeness (QED) is 0.211. The molecule has 2 aliphatic carbocycles. The highest BCUT2D eigenvalue weighted by Crippen LogP contribution is 2.45. The van der Waals surface area contributed by atoms with Gasteiger partial charge < -0.3 is 9.30 Å². The van der Waals surface area contributed by atoms with Crippen LogP contribution < -0.4 is 10.3 Å². The fraction of sp³-hybridized carbons (Fsp3) is 0.323. The Kier molecular flexibility index (Phi) is 6.56. The van der Waals surface area contributed by atoms with E-state index in [4.69, 9.17) is 9.72 Å². The summed E-state index contributed by atoms with van der Waals surface area (Å²) in [5, 5.41) is 0.491. The van der Waals surface area contributed by atoms with Crippen LogP contribution in [0.3, 0.4) is 0 Å². The van der Waals surface area contributed by atoms with E-state index in [0.29, 0.717) is 39.4 Å². The number of benzene rings is 1. The second-order valence-electron chi connectivity index (χ2n) is 11.2. The Labute approximate surface area is 248 Å². The molecule has 7 rings (SSSR count). The molecule has 44 heavy (non-hydrogen) atoms. The molecule has 0 spiro atoms. The van der Waals surface area contributed by atoms with E-state index in [1.165, 1.54) is 31.0 Å². The van der Waals surface area contributed by atoms with E-state index in [-0.39, 0.29) is 29.9 Å². The van der Waals surface area contributed by atoms with Crippen LogP contribution in [-0.4, -0.2) is 46.9 Å². The molecule has 0 aliphatic heterocycles. The van der Waals surface area contributed by atoms with Crippen molar-refractivity contribution < 1.29 is 22.7 Å². The van der Waals surface area contributed by atoms with Crippen molar-refractivity contribution in [2.24, 2.45) is 0 Å². The number of rotatable bonds is 8. The zero-order chi connectivity index (χ0) is 30.7. The summed E-state index contributed by atoms with van der Waals surface area (Å²) in [4.78, 5) is 47.9. The number of ether oxygens (including phenoxy) is 1. The number of Topliss-reactive ketones (excluding diaryl/α,β-unsaturated/α-hetero) is 1. The number of hydrogen-bond donors (Lipinski definition) is 0. The van der Waals surface area contributed by atoms with Crippen LogP contribution in [-0.2, 0) is 12.7 Å². The Morgan fingerprint density at radius 2 is 1.80 bits per heavy atom. The fourth-order valence-electron chi connectivity index (χ4n) is 5.41. The van der Waals surface area contributed by atoms with Gasteiger partial charge in [0.2, 0.25) is 5.88 Å². The van der Waals surface area contributed by atoms with Crippen molar-refractivity contribution in [3.05, 3.63) is 81.9 Å². The monoisotopic (exact) mass is 601 g/mol. The lowest BCUT2D eigenvalue weighted by atomic mass is 10.1. The summed E-state index contributed by atoms with van der Waals surface area (Å²) >= 11 is 0. The molecule has 0 amide bonds. The zero-order valence-electron chi connectivity index (χ0n) is 23.8. The van der Waals surface area contributed by atoms with E-state index in [0.717, 1.165) is 37.6 Å². The third kappa shape index (κ3) is 5.01. The number of pyridine rings is 1. The predicted molar refractivity (Wildman–Crippen MR) is 153 cm³/mol. The topological polar surface area (TPSA) is 118 Å². The van der Waals surface area contributed by atoms with Gasteiger partial charge in [-0.25, -0.2) is 24.9 Å². The van der Waals surface area contributed by atoms with Gasteiger partial charge in [0.05, 0.1) is 24.9 Å². The van der Waals surface area contributed by atoms with Crippen LogP contribution in [0.2, 0.25) is 0 Å². The smallest absolute Gasteiger partial charge is 0.434 e. The Morgan fingerprint density at radius 1 is 1.05 bits per heavy atom. The van der Waals surface area contributed by atoms with Gasteiger partial charge in [-0.2, -0.15) is 13.2 Å². The summed E-state index contributed by atoms with van der Waals surface area (Å²) in [5.74, 6) is 0.708. The van der Waals surface area contributed by atoms with E-state index in [9.17, 15) is 22.8 Å². The van der Waals surface area contributed by atoms with Crippen LogP contribution in [0, 0.1) is 0 Å². The summed E-state index contributed by atoms with van der Waals surface area (Å²) in [6.45, 7) is 1.37. The predicted octanol–water partition coefficient (Wildman–Crippen LogP) is 5.60. The molecule has 4 heterocycles. The highest BCUT2D eigenvalue weighted by molar-refractivity contribution is 5.96. The highest BCUT2D eigenvalue weighted by Gasteiger charge is 2.37. The van der Waals surface area contributed by atoms with Crippen molar-refractivity contribution in [3.8, 4) is 28.7 Å². The minimum Gasteiger partial charge on any atom is -0.480 e. The molecule has 0 unspecified atom stereocenters. The Hall–Kier alpha value is -4.94. The minimum atomic E-state index is -4.55. The molecule has 2 aliphatic rings. The first-order valence-corrected chi connectivity index (χ1v) is 14.2. The molecule has 0 saturated heterocycles. The zero-order valence-corrected chi connectivity index (χ0v) is 23.8. The minimum absolute atomic E-state index is 0.00379. The number of aromatic nitrogens is 7. The standard InChI is InChI=1S/C31H26F3N7O3/c1-16(42)22-11-20-12-35-26(24-25(18-7-8-18)36-15-37-29(24)44-2)39-28(20)41(30(22)43)13-17-3-5-19(6-4-17)27-38-23(31(32,33)34)14-40(27)21-9-10-21/h3-6,11-12,14-15,18,21H,7-10,13H2,1-2H3. The highest BCUT2D eigenvalue weighted by atomic mass is 19.4. The lowest BCUT2D eigenvalue weighted by Gasteiger charge is -2.14. The molecule has 2 saturated carbocycles. The van der Waals surface area contributed by atoms with Crippen molar-refractivity contribution in [2.45, 2.75) is 57.3 Å². The van der Waals surface area contributed by atoms with Crippen molar-refractivity contribution in [1.82, 2.24) is 34.1 Å². The molecule has 224 valence electrons. The van der Waals surface area contributed by atoms with Gasteiger partial charge in [0.15, 0.2) is 17.3 Å². The summed E-state index contributed by atoms with van der Waals surface area (Å²) < 4.78 is 48.8. The molecule has 0 radical (unpaired) electrons. The van der Waals surface area contributed by atoms with E-state index < -0.39 is 23.2 Å². The van der Waals surface area contributed by atoms with E-state index >= 15 is 0 Å². The molecular weight excluding hydrogens is 575 g/mol. The van der Waals surface area contributed by atoms with Crippen LogP contribution in [0.15, 0.2) is 53.8 Å². The normalized spacial score (nSPS) is 15.1. The Bertz CT molecular complexity index is 1990. The SMILES string of the molecule is COc1ncnc(C2CC2)c1-c1ncc2cc(C(C)=O)c(=O)n(Cc3ccc(-c4nc(C(F)(F)F)cn4C4CC4)cc3)c2n1. The number of methoxy groups -OCH3 is 1. The third-order valence-electron chi connectivity index (χ3n) is 7.94. The molecule has 13 heteroatoms. The fourth-order valence-corrected chi connectivity index (χ4v) is 5.41. The summed E-state index contributed by atoms with van der Waals surface area (Å²) in [7, 11) is 1.50. The second kappa shape index (κ2) is 10.4. The van der Waals surface area contributed by atoms with Gasteiger partial charge in [-0.15, -0.1) is 0 Å². The largest absolute Gasteiger partial charge is 0.480 e. The van der Waals surface area contributed by atoms with Crippen LogP contribution in [0.1, 0.15) is 71.9 Å². The summed E-state index contributed by atoms with van der Waals surface area (Å²) in [5.41, 5.74) is 1.40. The van der Waals surface area contributed by atoms with Crippen molar-refractivity contribution in [3.63, 3.8) is 0 Å². The molecule has 10 nitrogen and oxygen atoms in total. The van der Waals surface area contributed by atoms with Gasteiger partial charge in [0.1, 0.15) is 23.4 Å². The maximum Gasteiger partial charge on any atom is 0.434 e. The number of fused-ring (bicyclic) bond motifs is 1. The summed E-state index contributed by atoms with van der Waals surface area (Å²) in [6, 6.07) is 8.32. The number of hydrogen-bond acceptors (Lipinski definition) is 8. The van der Waals surface area contributed by atoms with Gasteiger partial charge in [-0.3, -0.25) is 14.2 Å². The summed E-state index contributed by atoms with van der Waals surface area (Å²) in [6.07, 6.45) is 3.07. The van der Waals surface area contributed by atoms with Crippen LogP contribution in [0.5, 0.6) is 5.88 Å². The Balaban J connectivity index is 1.31. The molecule has 4 aromatic heterocycles. The van der Waals surface area contributed by atoms with Crippen LogP contribution in [0.4, 0.5) is 13.2 Å². The number of ketones is 1. The van der Waals surface area contributed by atoms with Crippen molar-refractivity contribution >= 4 is 16.8 Å². The molecular formula is C31H26F3N7O3. The van der Waals surface area contributed by atoms with E-state index in [1.54, 1.807) is 35.0 Å². The van der Waals surface area contributed by atoms with Crippen LogP contribution >= 0.6 is 0 Å². The number of nitrogens with zero attached hydrogens (tertiary/aromatic N) is 7. The van der Waals surface area contributed by atoms with Crippen molar-refractivity contribution in [1.29, 1.82) is 0 Å². The maximum absolute atomic E-state index is 13.6. The molecule has 1 aromatic carbocycles. The van der Waals surface area contributed by atoms with Gasteiger partial charge in [0.25, 0.3) is 5.56 Å².